The first-order chi connectivity index (χ1) is 20.9. The van der Waals surface area contributed by atoms with Crippen molar-refractivity contribution in [3.05, 3.63) is 59.2 Å². The number of aliphatic hydroxyl groups excluding tert-OH is 1. The molecule has 2 aromatic carbocycles. The minimum Gasteiger partial charge on any atom is -0.395 e. The molecule has 0 amide bonds. The van der Waals surface area contributed by atoms with E-state index in [2.05, 4.69) is 55.9 Å². The van der Waals surface area contributed by atoms with Gasteiger partial charge in [0, 0.05) is 63.5 Å². The van der Waals surface area contributed by atoms with Gasteiger partial charge in [0.2, 0.25) is 5.95 Å². The van der Waals surface area contributed by atoms with Gasteiger partial charge in [-0.15, -0.1) is 0 Å². The molecule has 4 atom stereocenters. The highest BCUT2D eigenvalue weighted by atomic mass is 19.2. The van der Waals surface area contributed by atoms with Crippen LogP contribution in [0.4, 0.5) is 14.7 Å². The number of fused-ring (bicyclic) bond motifs is 2. The molecule has 0 unspecified atom stereocenters. The lowest BCUT2D eigenvalue weighted by atomic mass is 9.80. The van der Waals surface area contributed by atoms with Crippen molar-refractivity contribution < 1.29 is 13.9 Å². The molecule has 2 saturated carbocycles. The number of imidazole rings is 1. The Morgan fingerprint density at radius 2 is 1.91 bits per heavy atom. The molecule has 232 valence electrons. The number of aliphatic hydroxyl groups is 1. The lowest BCUT2D eigenvalue weighted by Gasteiger charge is -2.38. The fourth-order valence-corrected chi connectivity index (χ4v) is 8.30. The summed E-state index contributed by atoms with van der Waals surface area (Å²) < 4.78 is 28.1. The van der Waals surface area contributed by atoms with Gasteiger partial charge in [-0.05, 0) is 87.5 Å². The SMILES string of the molecule is CN1CCN(CCCN(c2nc3cc(F)c(F)cc3[nH]2)[C@@H]2CC[C@]3(c4cccc(CN5CCC[C@H]5CO)c4)C[C@@H]3C2)CC1. The molecule has 7 rings (SSSR count). The quantitative estimate of drug-likeness (QED) is 0.354. The Kier molecular flexibility index (Phi) is 8.18. The van der Waals surface area contributed by atoms with Crippen molar-refractivity contribution in [2.75, 3.05) is 64.4 Å². The number of nitrogens with zero attached hydrogens (tertiary/aromatic N) is 5. The Balaban J connectivity index is 1.06. The fourth-order valence-electron chi connectivity index (χ4n) is 8.30. The number of anilines is 1. The summed E-state index contributed by atoms with van der Waals surface area (Å²) in [4.78, 5) is 17.9. The molecule has 4 fully saturated rings. The monoisotopic (exact) mass is 592 g/mol. The van der Waals surface area contributed by atoms with Crippen molar-refractivity contribution in [1.29, 1.82) is 0 Å². The van der Waals surface area contributed by atoms with Crippen LogP contribution in [0.25, 0.3) is 11.0 Å². The van der Waals surface area contributed by atoms with E-state index in [1.807, 2.05) is 0 Å². The lowest BCUT2D eigenvalue weighted by Crippen LogP contribution is -2.46. The summed E-state index contributed by atoms with van der Waals surface area (Å²) in [5, 5.41) is 9.78. The maximum atomic E-state index is 14.0. The van der Waals surface area contributed by atoms with Gasteiger partial charge < -0.3 is 24.8 Å². The molecule has 4 aliphatic rings. The minimum atomic E-state index is -0.855. The maximum Gasteiger partial charge on any atom is 0.204 e. The summed E-state index contributed by atoms with van der Waals surface area (Å²) in [6, 6.07) is 12.3. The van der Waals surface area contributed by atoms with Crippen LogP contribution < -0.4 is 4.90 Å². The Morgan fingerprint density at radius 1 is 1.07 bits per heavy atom. The molecule has 2 aliphatic carbocycles. The second-order valence-electron chi connectivity index (χ2n) is 13.7. The Bertz CT molecular complexity index is 1380. The molecule has 3 heterocycles. The third kappa shape index (κ3) is 5.93. The lowest BCUT2D eigenvalue weighted by molar-refractivity contribution is 0.153. The molecule has 0 bridgehead atoms. The van der Waals surface area contributed by atoms with E-state index in [0.29, 0.717) is 29.0 Å². The van der Waals surface area contributed by atoms with Crippen LogP contribution >= 0.6 is 0 Å². The zero-order chi connectivity index (χ0) is 29.6. The number of aromatic nitrogens is 2. The van der Waals surface area contributed by atoms with Crippen LogP contribution in [-0.4, -0.2) is 101 Å². The number of likely N-dealkylation sites (N-methyl/N-ethyl adjacent to an activating group) is 1. The van der Waals surface area contributed by atoms with Gasteiger partial charge in [-0.2, -0.15) is 0 Å². The highest BCUT2D eigenvalue weighted by molar-refractivity contribution is 5.78. The predicted octanol–water partition coefficient (Wildman–Crippen LogP) is 4.75. The summed E-state index contributed by atoms with van der Waals surface area (Å²) in [6.45, 7) is 8.57. The van der Waals surface area contributed by atoms with E-state index in [9.17, 15) is 13.9 Å². The molecule has 7 nitrogen and oxygen atoms in total. The summed E-state index contributed by atoms with van der Waals surface area (Å²) in [7, 11) is 2.18. The average molecular weight is 593 g/mol. The van der Waals surface area contributed by atoms with Crippen LogP contribution in [0.1, 0.15) is 56.1 Å². The van der Waals surface area contributed by atoms with Gasteiger partial charge >= 0.3 is 0 Å². The van der Waals surface area contributed by atoms with Crippen molar-refractivity contribution in [2.45, 2.75) is 69.0 Å². The van der Waals surface area contributed by atoms with E-state index in [1.54, 1.807) is 0 Å². The summed E-state index contributed by atoms with van der Waals surface area (Å²) in [5.41, 5.74) is 4.12. The van der Waals surface area contributed by atoms with Gasteiger partial charge in [-0.3, -0.25) is 4.90 Å². The van der Waals surface area contributed by atoms with Crippen molar-refractivity contribution in [1.82, 2.24) is 24.7 Å². The molecular formula is C34H46F2N6O. The summed E-state index contributed by atoms with van der Waals surface area (Å²) in [6.07, 6.45) is 7.84. The average Bonchev–Trinajstić information content (AvgIpc) is 3.36. The number of likely N-dealkylation sites (tertiary alicyclic amines) is 1. The van der Waals surface area contributed by atoms with Crippen LogP contribution in [0.5, 0.6) is 0 Å². The first-order valence-corrected chi connectivity index (χ1v) is 16.4. The number of hydrogen-bond acceptors (Lipinski definition) is 6. The predicted molar refractivity (Wildman–Crippen MR) is 166 cm³/mol. The molecule has 2 saturated heterocycles. The molecule has 0 radical (unpaired) electrons. The standard InChI is InChI=1S/C34H46F2N6O/c1-39-13-15-40(16-14-39)10-4-12-42(33-37-31-19-29(35)30(36)20-32(31)38-33)27-8-9-34(21-26(34)18-27)25-6-2-5-24(17-25)22-41-11-3-7-28(41)23-43/h2,5-6,17,19-20,26-28,43H,3-4,7-16,18,21-23H2,1H3,(H,37,38)/t26-,27+,28-,34+/m0/s1. The summed E-state index contributed by atoms with van der Waals surface area (Å²) in [5.74, 6) is -0.324. The van der Waals surface area contributed by atoms with Gasteiger partial charge in [0.25, 0.3) is 0 Å². The highest BCUT2D eigenvalue weighted by Gasteiger charge is 2.58. The van der Waals surface area contributed by atoms with Gasteiger partial charge in [0.05, 0.1) is 17.6 Å². The second-order valence-corrected chi connectivity index (χ2v) is 13.7. The van der Waals surface area contributed by atoms with Crippen molar-refractivity contribution in [3.63, 3.8) is 0 Å². The molecule has 43 heavy (non-hydrogen) atoms. The van der Waals surface area contributed by atoms with Crippen LogP contribution in [-0.2, 0) is 12.0 Å². The molecule has 9 heteroatoms. The van der Waals surface area contributed by atoms with E-state index < -0.39 is 11.6 Å². The normalized spacial score (nSPS) is 28.4. The maximum absolute atomic E-state index is 14.0. The first kappa shape index (κ1) is 29.1. The molecule has 2 N–H and O–H groups in total. The minimum absolute atomic E-state index is 0.244. The number of rotatable bonds is 10. The van der Waals surface area contributed by atoms with Gasteiger partial charge in [-0.25, -0.2) is 13.8 Å². The molecular weight excluding hydrogens is 546 g/mol. The Hall–Kier alpha value is -2.59. The molecule has 3 aromatic rings. The number of H-pyrrole nitrogens is 1. The van der Waals surface area contributed by atoms with Gasteiger partial charge in [0.15, 0.2) is 11.6 Å². The number of halogens is 2. The third-order valence-electron chi connectivity index (χ3n) is 11.0. The largest absolute Gasteiger partial charge is 0.395 e. The van der Waals surface area contributed by atoms with Crippen LogP contribution in [0.3, 0.4) is 0 Å². The molecule has 2 aliphatic heterocycles. The number of hydrogen-bond donors (Lipinski definition) is 2. The molecule has 1 aromatic heterocycles. The van der Waals surface area contributed by atoms with Crippen LogP contribution in [0, 0.1) is 17.6 Å². The van der Waals surface area contributed by atoms with E-state index in [1.165, 1.54) is 36.1 Å². The van der Waals surface area contributed by atoms with Crippen molar-refractivity contribution in [2.24, 2.45) is 5.92 Å². The smallest absolute Gasteiger partial charge is 0.204 e. The van der Waals surface area contributed by atoms with E-state index in [0.717, 1.165) is 90.4 Å². The van der Waals surface area contributed by atoms with Gasteiger partial charge in [-0.1, -0.05) is 24.3 Å². The highest BCUT2D eigenvalue weighted by Crippen LogP contribution is 2.63. The van der Waals surface area contributed by atoms with Gasteiger partial charge in [0.1, 0.15) is 0 Å². The topological polar surface area (TPSA) is 61.9 Å². The number of piperazine rings is 1. The second kappa shape index (κ2) is 12.1. The first-order valence-electron chi connectivity index (χ1n) is 16.4. The fraction of sp³-hybridized carbons (Fsp3) is 0.618. The van der Waals surface area contributed by atoms with E-state index >= 15 is 0 Å². The van der Waals surface area contributed by atoms with Crippen LogP contribution in [0.15, 0.2) is 36.4 Å². The zero-order valence-electron chi connectivity index (χ0n) is 25.4. The van der Waals surface area contributed by atoms with Crippen molar-refractivity contribution in [3.8, 4) is 0 Å². The number of aromatic amines is 1. The van der Waals surface area contributed by atoms with Crippen LogP contribution in [0.2, 0.25) is 0 Å². The third-order valence-corrected chi connectivity index (χ3v) is 11.0. The van der Waals surface area contributed by atoms with Crippen molar-refractivity contribution >= 4 is 17.0 Å². The Labute approximate surface area is 253 Å². The number of benzene rings is 2. The molecule has 0 spiro atoms. The van der Waals surface area contributed by atoms with E-state index in [-0.39, 0.29) is 12.0 Å². The number of nitrogens with one attached hydrogen (secondary N) is 1. The Morgan fingerprint density at radius 3 is 2.72 bits per heavy atom. The van der Waals surface area contributed by atoms with E-state index in [4.69, 9.17) is 4.98 Å². The summed E-state index contributed by atoms with van der Waals surface area (Å²) >= 11 is 0. The zero-order valence-corrected chi connectivity index (χ0v) is 25.4.